The van der Waals surface area contributed by atoms with Crippen molar-refractivity contribution in [3.63, 3.8) is 0 Å². The molecule has 0 heterocycles. The molecule has 0 bridgehead atoms. The Labute approximate surface area is 120 Å². The summed E-state index contributed by atoms with van der Waals surface area (Å²) in [5.41, 5.74) is 0.832. The van der Waals surface area contributed by atoms with Crippen molar-refractivity contribution in [1.29, 1.82) is 0 Å². The Morgan fingerprint density at radius 2 is 2.00 bits per heavy atom. The van der Waals surface area contributed by atoms with Crippen molar-refractivity contribution in [2.75, 3.05) is 13.1 Å². The highest BCUT2D eigenvalue weighted by molar-refractivity contribution is 5.77. The van der Waals surface area contributed by atoms with Crippen LogP contribution in [0.2, 0.25) is 0 Å². The molecule has 0 unspecified atom stereocenters. The number of carbonyl (C=O) groups is 1. The molecule has 0 aliphatic heterocycles. The van der Waals surface area contributed by atoms with E-state index in [0.29, 0.717) is 18.5 Å². The molecule has 2 N–H and O–H groups in total. The van der Waals surface area contributed by atoms with Gasteiger partial charge in [-0.1, -0.05) is 32.0 Å². The average molecular weight is 278 g/mol. The van der Waals surface area contributed by atoms with Crippen molar-refractivity contribution in [2.45, 2.75) is 38.6 Å². The van der Waals surface area contributed by atoms with E-state index in [1.54, 1.807) is 6.07 Å². The third-order valence-electron chi connectivity index (χ3n) is 3.86. The molecule has 1 fully saturated rings. The second-order valence-corrected chi connectivity index (χ2v) is 5.79. The van der Waals surface area contributed by atoms with Crippen LogP contribution in [0.1, 0.15) is 38.2 Å². The summed E-state index contributed by atoms with van der Waals surface area (Å²) in [6.07, 6.45) is 1.94. The molecule has 2 rings (SSSR count). The molecule has 1 aliphatic carbocycles. The van der Waals surface area contributed by atoms with Crippen molar-refractivity contribution < 1.29 is 9.18 Å². The second-order valence-electron chi connectivity index (χ2n) is 5.79. The van der Waals surface area contributed by atoms with Gasteiger partial charge in [0.2, 0.25) is 5.91 Å². The standard InChI is InChI=1S/C16H23FN2O/c1-11(2)16(20)19-8-7-18-13-9-12(10-13)14-5-3-4-6-15(14)17/h3-6,11-13,18H,7-10H2,1-2H3,(H,19,20). The molecule has 1 saturated carbocycles. The number of hydrogen-bond donors (Lipinski definition) is 2. The van der Waals surface area contributed by atoms with Gasteiger partial charge in [0.15, 0.2) is 0 Å². The Balaban J connectivity index is 1.63. The first-order valence-electron chi connectivity index (χ1n) is 7.33. The molecule has 1 amide bonds. The Morgan fingerprint density at radius 1 is 1.30 bits per heavy atom. The highest BCUT2D eigenvalue weighted by atomic mass is 19.1. The largest absolute Gasteiger partial charge is 0.355 e. The summed E-state index contributed by atoms with van der Waals surface area (Å²) in [7, 11) is 0. The van der Waals surface area contributed by atoms with Crippen LogP contribution in [0.5, 0.6) is 0 Å². The normalized spacial score (nSPS) is 21.6. The number of nitrogens with one attached hydrogen (secondary N) is 2. The van der Waals surface area contributed by atoms with Crippen molar-refractivity contribution in [3.8, 4) is 0 Å². The molecule has 3 nitrogen and oxygen atoms in total. The van der Waals surface area contributed by atoms with Gasteiger partial charge in [-0.25, -0.2) is 4.39 Å². The summed E-state index contributed by atoms with van der Waals surface area (Å²) in [5.74, 6) is 0.355. The zero-order valence-corrected chi connectivity index (χ0v) is 12.2. The summed E-state index contributed by atoms with van der Waals surface area (Å²) in [6.45, 7) is 5.19. The Hall–Kier alpha value is -1.42. The van der Waals surface area contributed by atoms with E-state index >= 15 is 0 Å². The number of benzene rings is 1. The van der Waals surface area contributed by atoms with E-state index in [1.165, 1.54) is 6.07 Å². The fourth-order valence-corrected chi connectivity index (χ4v) is 2.51. The van der Waals surface area contributed by atoms with Crippen LogP contribution in [0, 0.1) is 11.7 Å². The van der Waals surface area contributed by atoms with E-state index in [4.69, 9.17) is 0 Å². The van der Waals surface area contributed by atoms with Gasteiger partial charge in [0.25, 0.3) is 0 Å². The van der Waals surface area contributed by atoms with E-state index in [0.717, 1.165) is 24.9 Å². The minimum atomic E-state index is -0.0971. The van der Waals surface area contributed by atoms with Gasteiger partial charge in [-0.2, -0.15) is 0 Å². The smallest absolute Gasteiger partial charge is 0.222 e. The van der Waals surface area contributed by atoms with E-state index in [-0.39, 0.29) is 17.6 Å². The lowest BCUT2D eigenvalue weighted by Crippen LogP contribution is -2.44. The zero-order chi connectivity index (χ0) is 14.5. The van der Waals surface area contributed by atoms with Gasteiger partial charge in [0.1, 0.15) is 5.82 Å². The van der Waals surface area contributed by atoms with Gasteiger partial charge in [-0.05, 0) is 30.4 Å². The maximum absolute atomic E-state index is 13.6. The quantitative estimate of drug-likeness (QED) is 0.785. The fraction of sp³-hybridized carbons (Fsp3) is 0.562. The van der Waals surface area contributed by atoms with Crippen molar-refractivity contribution in [1.82, 2.24) is 10.6 Å². The second kappa shape index (κ2) is 6.84. The first-order valence-corrected chi connectivity index (χ1v) is 7.33. The summed E-state index contributed by atoms with van der Waals surface area (Å²) < 4.78 is 13.6. The number of carbonyl (C=O) groups excluding carboxylic acids is 1. The fourth-order valence-electron chi connectivity index (χ4n) is 2.51. The Kier molecular flexibility index (Phi) is 5.12. The molecule has 1 aliphatic rings. The monoisotopic (exact) mass is 278 g/mol. The molecule has 0 spiro atoms. The molecular formula is C16H23FN2O. The molecule has 4 heteroatoms. The van der Waals surface area contributed by atoms with E-state index in [1.807, 2.05) is 26.0 Å². The van der Waals surface area contributed by atoms with Crippen LogP contribution in [0.3, 0.4) is 0 Å². The van der Waals surface area contributed by atoms with Gasteiger partial charge in [0, 0.05) is 25.0 Å². The van der Waals surface area contributed by atoms with Crippen molar-refractivity contribution in [2.24, 2.45) is 5.92 Å². The van der Waals surface area contributed by atoms with Crippen LogP contribution in [-0.2, 0) is 4.79 Å². The predicted molar refractivity (Wildman–Crippen MR) is 78.0 cm³/mol. The van der Waals surface area contributed by atoms with Gasteiger partial charge < -0.3 is 10.6 Å². The summed E-state index contributed by atoms with van der Waals surface area (Å²) in [4.78, 5) is 11.4. The van der Waals surface area contributed by atoms with Crippen LogP contribution in [0.15, 0.2) is 24.3 Å². The third kappa shape index (κ3) is 3.79. The lowest BCUT2D eigenvalue weighted by atomic mass is 9.75. The Morgan fingerprint density at radius 3 is 2.65 bits per heavy atom. The molecule has 20 heavy (non-hydrogen) atoms. The predicted octanol–water partition coefficient (Wildman–Crippen LogP) is 2.43. The number of amides is 1. The molecule has 1 aromatic carbocycles. The van der Waals surface area contributed by atoms with Gasteiger partial charge in [-0.3, -0.25) is 4.79 Å². The lowest BCUT2D eigenvalue weighted by Gasteiger charge is -2.36. The SMILES string of the molecule is CC(C)C(=O)NCCNC1CC(c2ccccc2F)C1. The number of hydrogen-bond acceptors (Lipinski definition) is 2. The van der Waals surface area contributed by atoms with E-state index in [9.17, 15) is 9.18 Å². The van der Waals surface area contributed by atoms with Gasteiger partial charge >= 0.3 is 0 Å². The number of halogens is 1. The highest BCUT2D eigenvalue weighted by Crippen LogP contribution is 2.37. The van der Waals surface area contributed by atoms with Crippen LogP contribution in [0.4, 0.5) is 4.39 Å². The van der Waals surface area contributed by atoms with Crippen LogP contribution >= 0.6 is 0 Å². The van der Waals surface area contributed by atoms with Gasteiger partial charge in [-0.15, -0.1) is 0 Å². The van der Waals surface area contributed by atoms with Crippen molar-refractivity contribution in [3.05, 3.63) is 35.6 Å². The Bertz CT molecular complexity index is 456. The molecular weight excluding hydrogens is 255 g/mol. The minimum Gasteiger partial charge on any atom is -0.355 e. The number of rotatable bonds is 6. The first kappa shape index (κ1) is 15.0. The first-order chi connectivity index (χ1) is 9.58. The van der Waals surface area contributed by atoms with E-state index in [2.05, 4.69) is 10.6 Å². The molecule has 0 radical (unpaired) electrons. The molecule has 110 valence electrons. The van der Waals surface area contributed by atoms with Crippen LogP contribution in [0.25, 0.3) is 0 Å². The highest BCUT2D eigenvalue weighted by Gasteiger charge is 2.31. The lowest BCUT2D eigenvalue weighted by molar-refractivity contribution is -0.123. The zero-order valence-electron chi connectivity index (χ0n) is 12.2. The third-order valence-corrected chi connectivity index (χ3v) is 3.86. The van der Waals surface area contributed by atoms with Crippen molar-refractivity contribution >= 4 is 5.91 Å². The topological polar surface area (TPSA) is 41.1 Å². The van der Waals surface area contributed by atoms with E-state index < -0.39 is 0 Å². The summed E-state index contributed by atoms with van der Waals surface area (Å²) in [6, 6.07) is 7.46. The molecule has 0 aromatic heterocycles. The summed E-state index contributed by atoms with van der Waals surface area (Å²) >= 11 is 0. The summed E-state index contributed by atoms with van der Waals surface area (Å²) in [5, 5.41) is 6.27. The minimum absolute atomic E-state index is 0.0316. The average Bonchev–Trinajstić information content (AvgIpc) is 2.37. The molecule has 1 aromatic rings. The maximum atomic E-state index is 13.6. The van der Waals surface area contributed by atoms with Gasteiger partial charge in [0.05, 0.1) is 0 Å². The van der Waals surface area contributed by atoms with Crippen LogP contribution < -0.4 is 10.6 Å². The maximum Gasteiger partial charge on any atom is 0.222 e. The molecule has 0 saturated heterocycles. The molecule has 0 atom stereocenters. The van der Waals surface area contributed by atoms with Crippen LogP contribution in [-0.4, -0.2) is 25.0 Å².